The van der Waals surface area contributed by atoms with Gasteiger partial charge in [0.1, 0.15) is 0 Å². The summed E-state index contributed by atoms with van der Waals surface area (Å²) in [5, 5.41) is 14.4. The molecule has 0 fully saturated rings. The van der Waals surface area contributed by atoms with Crippen molar-refractivity contribution in [1.82, 2.24) is 20.1 Å². The van der Waals surface area contributed by atoms with E-state index in [2.05, 4.69) is 63.9 Å². The molecule has 0 atom stereocenters. The molecule has 0 unspecified atom stereocenters. The molecular weight excluding hydrogens is 264 g/mol. The molecule has 0 aliphatic carbocycles. The lowest BCUT2D eigenvalue weighted by atomic mass is 10.2. The number of nitrogens with zero attached hydrogens (tertiary/aromatic N) is 4. The van der Waals surface area contributed by atoms with Crippen LogP contribution in [0.5, 0.6) is 0 Å². The van der Waals surface area contributed by atoms with Crippen LogP contribution >= 0.6 is 0 Å². The zero-order valence-electron chi connectivity index (χ0n) is 12.8. The van der Waals surface area contributed by atoms with Crippen molar-refractivity contribution in [3.63, 3.8) is 0 Å². The Labute approximate surface area is 125 Å². The van der Waals surface area contributed by atoms with E-state index in [-0.39, 0.29) is 0 Å². The maximum atomic E-state index is 4.40. The minimum Gasteiger partial charge on any atom is -0.353 e. The lowest BCUT2D eigenvalue weighted by Crippen LogP contribution is -2.17. The number of hydrogen-bond donors (Lipinski definition) is 2. The number of aryl methyl sites for hydroxylation is 1. The Morgan fingerprint density at radius 3 is 2.86 bits per heavy atom. The van der Waals surface area contributed by atoms with Gasteiger partial charge in [0.2, 0.25) is 5.95 Å². The number of nitrogens with one attached hydrogen (secondary N) is 2. The van der Waals surface area contributed by atoms with E-state index in [0.29, 0.717) is 11.8 Å². The van der Waals surface area contributed by atoms with Crippen molar-refractivity contribution in [3.8, 4) is 0 Å². The lowest BCUT2D eigenvalue weighted by Gasteiger charge is -2.10. The predicted molar refractivity (Wildman–Crippen MR) is 85.9 cm³/mol. The highest BCUT2D eigenvalue weighted by molar-refractivity contribution is 5.56. The van der Waals surface area contributed by atoms with Crippen LogP contribution in [-0.2, 0) is 0 Å². The highest BCUT2D eigenvalue weighted by atomic mass is 15.3. The normalized spacial score (nSPS) is 10.7. The summed E-state index contributed by atoms with van der Waals surface area (Å²) in [6.45, 7) is 3.91. The molecule has 2 rings (SSSR count). The fourth-order valence-corrected chi connectivity index (χ4v) is 1.90. The van der Waals surface area contributed by atoms with E-state index in [9.17, 15) is 0 Å². The molecule has 1 aromatic carbocycles. The summed E-state index contributed by atoms with van der Waals surface area (Å²) in [4.78, 5) is 6.55. The zero-order valence-corrected chi connectivity index (χ0v) is 12.8. The molecule has 0 spiro atoms. The van der Waals surface area contributed by atoms with Crippen molar-refractivity contribution in [3.05, 3.63) is 36.0 Å². The van der Waals surface area contributed by atoms with Crippen molar-refractivity contribution >= 4 is 17.5 Å². The number of hydrogen-bond acceptors (Lipinski definition) is 6. The summed E-state index contributed by atoms with van der Waals surface area (Å²) >= 11 is 0. The van der Waals surface area contributed by atoms with Gasteiger partial charge in [-0.15, -0.1) is 5.10 Å². The van der Waals surface area contributed by atoms with Crippen molar-refractivity contribution in [2.45, 2.75) is 13.3 Å². The van der Waals surface area contributed by atoms with Crippen LogP contribution in [0.4, 0.5) is 17.5 Å². The molecule has 2 N–H and O–H groups in total. The molecule has 1 aromatic heterocycles. The Morgan fingerprint density at radius 1 is 1.24 bits per heavy atom. The van der Waals surface area contributed by atoms with E-state index >= 15 is 0 Å². The van der Waals surface area contributed by atoms with E-state index in [4.69, 9.17) is 0 Å². The first-order valence-corrected chi connectivity index (χ1v) is 7.05. The number of aromatic nitrogens is 3. The van der Waals surface area contributed by atoms with E-state index in [1.165, 1.54) is 5.56 Å². The molecule has 1 heterocycles. The largest absolute Gasteiger partial charge is 0.353 e. The van der Waals surface area contributed by atoms with Gasteiger partial charge in [-0.2, -0.15) is 10.1 Å². The van der Waals surface area contributed by atoms with Gasteiger partial charge in [-0.3, -0.25) is 0 Å². The monoisotopic (exact) mass is 286 g/mol. The molecule has 0 aliphatic rings. The van der Waals surface area contributed by atoms with Crippen LogP contribution in [-0.4, -0.2) is 47.3 Å². The van der Waals surface area contributed by atoms with Crippen molar-refractivity contribution in [2.75, 3.05) is 37.8 Å². The molecule has 0 saturated carbocycles. The fraction of sp³-hybridized carbons (Fsp3) is 0.400. The van der Waals surface area contributed by atoms with Gasteiger partial charge in [-0.25, -0.2) is 0 Å². The second-order valence-electron chi connectivity index (χ2n) is 5.24. The Morgan fingerprint density at radius 2 is 2.10 bits per heavy atom. The highest BCUT2D eigenvalue weighted by Crippen LogP contribution is 2.15. The van der Waals surface area contributed by atoms with Gasteiger partial charge < -0.3 is 15.5 Å². The maximum Gasteiger partial charge on any atom is 0.244 e. The topological polar surface area (TPSA) is 66.0 Å². The molecule has 112 valence electrons. The van der Waals surface area contributed by atoms with Gasteiger partial charge in [0.15, 0.2) is 5.82 Å². The molecule has 2 aromatic rings. The predicted octanol–water partition coefficient (Wildman–Crippen LogP) is 2.29. The van der Waals surface area contributed by atoms with Crippen LogP contribution in [0.3, 0.4) is 0 Å². The maximum absolute atomic E-state index is 4.40. The van der Waals surface area contributed by atoms with E-state index < -0.39 is 0 Å². The second-order valence-corrected chi connectivity index (χ2v) is 5.24. The Balaban J connectivity index is 1.91. The van der Waals surface area contributed by atoms with Gasteiger partial charge in [0.05, 0.1) is 6.20 Å². The third-order valence-electron chi connectivity index (χ3n) is 2.91. The van der Waals surface area contributed by atoms with Crippen molar-refractivity contribution in [1.29, 1.82) is 0 Å². The number of rotatable bonds is 7. The Bertz CT molecular complexity index is 570. The van der Waals surface area contributed by atoms with Crippen LogP contribution in [0.2, 0.25) is 0 Å². The SMILES string of the molecule is Cc1cccc(Nc2cnnc(NCCCN(C)C)n2)c1. The average Bonchev–Trinajstić information content (AvgIpc) is 2.44. The summed E-state index contributed by atoms with van der Waals surface area (Å²) in [7, 11) is 4.12. The van der Waals surface area contributed by atoms with Crippen molar-refractivity contribution < 1.29 is 0 Å². The first-order valence-electron chi connectivity index (χ1n) is 7.05. The Hall–Kier alpha value is -2.21. The van der Waals surface area contributed by atoms with Crippen LogP contribution in [0.25, 0.3) is 0 Å². The van der Waals surface area contributed by atoms with Crippen molar-refractivity contribution in [2.24, 2.45) is 0 Å². The molecule has 0 radical (unpaired) electrons. The molecule has 0 amide bonds. The van der Waals surface area contributed by atoms with Crippen LogP contribution in [0.15, 0.2) is 30.5 Å². The van der Waals surface area contributed by atoms with E-state index in [1.807, 2.05) is 12.1 Å². The number of anilines is 3. The summed E-state index contributed by atoms with van der Waals surface area (Å²) in [5.41, 5.74) is 2.19. The third-order valence-corrected chi connectivity index (χ3v) is 2.91. The summed E-state index contributed by atoms with van der Waals surface area (Å²) in [6, 6.07) is 8.12. The summed E-state index contributed by atoms with van der Waals surface area (Å²) in [5.74, 6) is 1.23. The smallest absolute Gasteiger partial charge is 0.244 e. The highest BCUT2D eigenvalue weighted by Gasteiger charge is 2.01. The minimum atomic E-state index is 0.548. The van der Waals surface area contributed by atoms with Crippen LogP contribution in [0.1, 0.15) is 12.0 Å². The van der Waals surface area contributed by atoms with Crippen LogP contribution < -0.4 is 10.6 Å². The molecule has 6 nitrogen and oxygen atoms in total. The molecule has 0 aliphatic heterocycles. The first kappa shape index (κ1) is 15.2. The fourth-order valence-electron chi connectivity index (χ4n) is 1.90. The standard InChI is InChI=1S/C15H22N6/c1-12-6-4-7-13(10-12)18-14-11-17-20-15(19-14)16-8-5-9-21(2)3/h4,6-7,10-11H,5,8-9H2,1-3H3,(H2,16,18,19,20). The molecule has 6 heteroatoms. The summed E-state index contributed by atoms with van der Waals surface area (Å²) in [6.07, 6.45) is 2.65. The van der Waals surface area contributed by atoms with Gasteiger partial charge in [0, 0.05) is 12.2 Å². The molecule has 21 heavy (non-hydrogen) atoms. The molecule has 0 saturated heterocycles. The van der Waals surface area contributed by atoms with E-state index in [0.717, 1.165) is 25.2 Å². The zero-order chi connectivity index (χ0) is 15.1. The Kier molecular flexibility index (Phi) is 5.45. The first-order chi connectivity index (χ1) is 10.1. The molecular formula is C15H22N6. The molecule has 0 bridgehead atoms. The third kappa shape index (κ3) is 5.35. The minimum absolute atomic E-state index is 0.548. The lowest BCUT2D eigenvalue weighted by molar-refractivity contribution is 0.405. The van der Waals surface area contributed by atoms with Gasteiger partial charge >= 0.3 is 0 Å². The van der Waals surface area contributed by atoms with Gasteiger partial charge in [0.25, 0.3) is 0 Å². The summed E-state index contributed by atoms with van der Waals surface area (Å²) < 4.78 is 0. The quantitative estimate of drug-likeness (QED) is 0.761. The average molecular weight is 286 g/mol. The number of benzene rings is 1. The van der Waals surface area contributed by atoms with Gasteiger partial charge in [-0.1, -0.05) is 12.1 Å². The van der Waals surface area contributed by atoms with Gasteiger partial charge in [-0.05, 0) is 51.7 Å². The van der Waals surface area contributed by atoms with E-state index in [1.54, 1.807) is 6.20 Å². The second kappa shape index (κ2) is 7.54. The van der Waals surface area contributed by atoms with Crippen LogP contribution in [0, 0.1) is 6.92 Å².